The summed E-state index contributed by atoms with van der Waals surface area (Å²) in [6.45, 7) is 2.44. The predicted molar refractivity (Wildman–Crippen MR) is 117 cm³/mol. The highest BCUT2D eigenvalue weighted by Gasteiger charge is 2.26. The molecular weight excluding hydrogens is 404 g/mol. The maximum atomic E-state index is 12.8. The van der Waals surface area contributed by atoms with E-state index >= 15 is 0 Å². The first kappa shape index (κ1) is 20.0. The highest BCUT2D eigenvalue weighted by atomic mass is 32.2. The molecule has 1 fully saturated rings. The Morgan fingerprint density at radius 1 is 0.862 bits per heavy atom. The molecule has 0 bridgehead atoms. The van der Waals surface area contributed by atoms with Crippen molar-refractivity contribution in [3.8, 4) is 0 Å². The van der Waals surface area contributed by atoms with Gasteiger partial charge in [-0.3, -0.25) is 0 Å². The number of sulfonamides is 1. The van der Waals surface area contributed by atoms with E-state index in [1.165, 1.54) is 17.1 Å². The van der Waals surface area contributed by atoms with Crippen LogP contribution in [0.3, 0.4) is 0 Å². The minimum absolute atomic E-state index is 0.0495. The van der Waals surface area contributed by atoms with E-state index in [-0.39, 0.29) is 5.75 Å². The first-order chi connectivity index (χ1) is 14.1. The van der Waals surface area contributed by atoms with Crippen molar-refractivity contribution in [1.82, 2.24) is 13.7 Å². The van der Waals surface area contributed by atoms with Crippen LogP contribution in [0.1, 0.15) is 23.4 Å². The molecule has 0 N–H and O–H groups in total. The molecule has 0 saturated carbocycles. The first-order valence-electron chi connectivity index (χ1n) is 9.73. The standard InChI is InChI=1S/C21H24N4O2S2/c26-29(27,17-19-10-5-2-6-11-19)25-13-7-12-24(14-15-25)21-22-20(23-28-21)16-18-8-3-1-4-9-18/h1-6,8-11H,7,12-17H2. The van der Waals surface area contributed by atoms with Gasteiger partial charge >= 0.3 is 0 Å². The second-order valence-electron chi connectivity index (χ2n) is 7.14. The van der Waals surface area contributed by atoms with Gasteiger partial charge in [-0.15, -0.1) is 0 Å². The molecule has 6 nitrogen and oxygen atoms in total. The van der Waals surface area contributed by atoms with Gasteiger partial charge in [-0.1, -0.05) is 60.7 Å². The molecule has 152 valence electrons. The fraction of sp³-hybridized carbons (Fsp3) is 0.333. The average Bonchev–Trinajstić information content (AvgIpc) is 3.03. The number of hydrogen-bond donors (Lipinski definition) is 0. The Labute approximate surface area is 176 Å². The summed E-state index contributed by atoms with van der Waals surface area (Å²) in [6.07, 6.45) is 1.49. The van der Waals surface area contributed by atoms with Crippen LogP contribution in [-0.2, 0) is 22.2 Å². The van der Waals surface area contributed by atoms with Crippen LogP contribution >= 0.6 is 11.5 Å². The summed E-state index contributed by atoms with van der Waals surface area (Å²) in [5.41, 5.74) is 2.01. The number of benzene rings is 2. The lowest BCUT2D eigenvalue weighted by Gasteiger charge is -2.21. The van der Waals surface area contributed by atoms with Gasteiger partial charge in [0.05, 0.1) is 5.75 Å². The van der Waals surface area contributed by atoms with Gasteiger partial charge in [-0.25, -0.2) is 13.4 Å². The lowest BCUT2D eigenvalue weighted by molar-refractivity contribution is 0.432. The monoisotopic (exact) mass is 428 g/mol. The molecule has 29 heavy (non-hydrogen) atoms. The third-order valence-electron chi connectivity index (χ3n) is 4.97. The van der Waals surface area contributed by atoms with Crippen molar-refractivity contribution in [1.29, 1.82) is 0 Å². The second kappa shape index (κ2) is 9.02. The largest absolute Gasteiger partial charge is 0.345 e. The molecule has 2 aromatic carbocycles. The molecule has 1 aliphatic heterocycles. The van der Waals surface area contributed by atoms with E-state index in [1.807, 2.05) is 48.5 Å². The minimum atomic E-state index is -3.33. The zero-order valence-corrected chi connectivity index (χ0v) is 17.8. The number of nitrogens with zero attached hydrogens (tertiary/aromatic N) is 4. The van der Waals surface area contributed by atoms with E-state index in [0.29, 0.717) is 26.1 Å². The van der Waals surface area contributed by atoms with Crippen LogP contribution in [0, 0.1) is 0 Å². The SMILES string of the molecule is O=S(=O)(Cc1ccccc1)N1CCCN(c2nc(Cc3ccccc3)ns2)CC1. The van der Waals surface area contributed by atoms with Crippen LogP contribution < -0.4 is 4.90 Å². The zero-order chi connectivity index (χ0) is 20.1. The molecule has 1 saturated heterocycles. The van der Waals surface area contributed by atoms with Crippen molar-refractivity contribution in [2.45, 2.75) is 18.6 Å². The van der Waals surface area contributed by atoms with E-state index in [0.717, 1.165) is 29.5 Å². The van der Waals surface area contributed by atoms with Gasteiger partial charge in [0.2, 0.25) is 15.2 Å². The molecular formula is C21H24N4O2S2. The van der Waals surface area contributed by atoms with Crippen LogP contribution in [0.15, 0.2) is 60.7 Å². The van der Waals surface area contributed by atoms with E-state index in [4.69, 9.17) is 4.98 Å². The van der Waals surface area contributed by atoms with Crippen molar-refractivity contribution in [2.24, 2.45) is 0 Å². The Hall–Kier alpha value is -2.29. The van der Waals surface area contributed by atoms with Gasteiger partial charge in [0, 0.05) is 44.1 Å². The summed E-state index contributed by atoms with van der Waals surface area (Å²) in [6, 6.07) is 19.5. The van der Waals surface area contributed by atoms with Crippen molar-refractivity contribution in [2.75, 3.05) is 31.1 Å². The number of hydrogen-bond acceptors (Lipinski definition) is 6. The Bertz CT molecular complexity index is 1020. The van der Waals surface area contributed by atoms with Gasteiger partial charge in [0.25, 0.3) is 0 Å². The van der Waals surface area contributed by atoms with Crippen molar-refractivity contribution >= 4 is 26.7 Å². The highest BCUT2D eigenvalue weighted by molar-refractivity contribution is 7.88. The third-order valence-corrected chi connectivity index (χ3v) is 7.64. The van der Waals surface area contributed by atoms with Crippen molar-refractivity contribution in [3.63, 3.8) is 0 Å². The Kier molecular flexibility index (Phi) is 6.22. The summed E-state index contributed by atoms with van der Waals surface area (Å²) in [5, 5.41) is 0.873. The lowest BCUT2D eigenvalue weighted by Crippen LogP contribution is -2.36. The molecule has 2 heterocycles. The van der Waals surface area contributed by atoms with E-state index in [1.54, 1.807) is 4.31 Å². The molecule has 0 unspecified atom stereocenters. The maximum absolute atomic E-state index is 12.8. The van der Waals surface area contributed by atoms with Crippen molar-refractivity contribution < 1.29 is 8.42 Å². The van der Waals surface area contributed by atoms with Crippen LogP contribution in [0.5, 0.6) is 0 Å². The topological polar surface area (TPSA) is 66.4 Å². The minimum Gasteiger partial charge on any atom is -0.345 e. The molecule has 1 aromatic heterocycles. The van der Waals surface area contributed by atoms with Crippen LogP contribution in [-0.4, -0.2) is 48.3 Å². The number of rotatable bonds is 6. The first-order valence-corrected chi connectivity index (χ1v) is 12.1. The molecule has 1 aliphatic rings. The fourth-order valence-corrected chi connectivity index (χ4v) is 5.76. The van der Waals surface area contributed by atoms with Crippen molar-refractivity contribution in [3.05, 3.63) is 77.6 Å². The van der Waals surface area contributed by atoms with E-state index in [2.05, 4.69) is 21.4 Å². The Balaban J connectivity index is 1.39. The number of aromatic nitrogens is 2. The molecule has 0 spiro atoms. The van der Waals surface area contributed by atoms with Crippen LogP contribution in [0.25, 0.3) is 0 Å². The van der Waals surface area contributed by atoms with E-state index < -0.39 is 10.0 Å². The molecule has 0 atom stereocenters. The summed E-state index contributed by atoms with van der Waals surface area (Å²) in [7, 11) is -3.33. The fourth-order valence-electron chi connectivity index (χ4n) is 3.46. The normalized spacial score (nSPS) is 15.9. The zero-order valence-electron chi connectivity index (χ0n) is 16.1. The molecule has 8 heteroatoms. The highest BCUT2D eigenvalue weighted by Crippen LogP contribution is 2.22. The van der Waals surface area contributed by atoms with Crippen LogP contribution in [0.2, 0.25) is 0 Å². The summed E-state index contributed by atoms with van der Waals surface area (Å²) in [4.78, 5) is 6.85. The Morgan fingerprint density at radius 3 is 2.28 bits per heavy atom. The van der Waals surface area contributed by atoms with Crippen LogP contribution in [0.4, 0.5) is 5.13 Å². The van der Waals surface area contributed by atoms with Gasteiger partial charge in [-0.05, 0) is 17.5 Å². The molecule has 4 rings (SSSR count). The van der Waals surface area contributed by atoms with E-state index in [9.17, 15) is 8.42 Å². The quantitative estimate of drug-likeness (QED) is 0.603. The smallest absolute Gasteiger partial charge is 0.218 e. The second-order valence-corrected chi connectivity index (χ2v) is 9.84. The summed E-state index contributed by atoms with van der Waals surface area (Å²) >= 11 is 1.39. The summed E-state index contributed by atoms with van der Waals surface area (Å²) in [5.74, 6) is 0.863. The van der Waals surface area contributed by atoms with Gasteiger partial charge in [0.15, 0.2) is 0 Å². The summed E-state index contributed by atoms with van der Waals surface area (Å²) < 4.78 is 31.8. The number of anilines is 1. The molecule has 0 amide bonds. The van der Waals surface area contributed by atoms with Gasteiger partial charge < -0.3 is 4.90 Å². The average molecular weight is 429 g/mol. The maximum Gasteiger partial charge on any atom is 0.218 e. The van der Waals surface area contributed by atoms with Gasteiger partial charge in [0.1, 0.15) is 5.82 Å². The third kappa shape index (κ3) is 5.20. The predicted octanol–water partition coefficient (Wildman–Crippen LogP) is 3.17. The lowest BCUT2D eigenvalue weighted by atomic mass is 10.1. The molecule has 0 aliphatic carbocycles. The Morgan fingerprint density at radius 2 is 1.55 bits per heavy atom. The molecule has 0 radical (unpaired) electrons. The van der Waals surface area contributed by atoms with Gasteiger partial charge in [-0.2, -0.15) is 8.68 Å². The molecule has 3 aromatic rings.